The van der Waals surface area contributed by atoms with E-state index in [0.717, 1.165) is 22.6 Å². The van der Waals surface area contributed by atoms with E-state index in [1.165, 1.54) is 32.1 Å². The van der Waals surface area contributed by atoms with Crippen molar-refractivity contribution in [2.75, 3.05) is 0 Å². The molecule has 1 aliphatic carbocycles. The van der Waals surface area contributed by atoms with E-state index in [1.807, 2.05) is 0 Å². The van der Waals surface area contributed by atoms with Crippen LogP contribution in [0.25, 0.3) is 0 Å². The highest BCUT2D eigenvalue weighted by Gasteiger charge is 2.27. The highest BCUT2D eigenvalue weighted by molar-refractivity contribution is 9.09. The minimum absolute atomic E-state index is 0.772. The number of rotatable bonds is 3. The van der Waals surface area contributed by atoms with Crippen LogP contribution >= 0.6 is 15.9 Å². The van der Waals surface area contributed by atoms with Crippen LogP contribution in [0.15, 0.2) is 0 Å². The van der Waals surface area contributed by atoms with E-state index in [9.17, 15) is 0 Å². The Morgan fingerprint density at radius 2 is 1.85 bits per heavy atom. The molecule has 0 aromatic carbocycles. The molecule has 3 unspecified atom stereocenters. The number of alkyl halides is 1. The third-order valence-corrected chi connectivity index (χ3v) is 4.99. The van der Waals surface area contributed by atoms with Crippen LogP contribution in [0.4, 0.5) is 0 Å². The van der Waals surface area contributed by atoms with Gasteiger partial charge in [-0.3, -0.25) is 0 Å². The van der Waals surface area contributed by atoms with Crippen molar-refractivity contribution in [3.63, 3.8) is 0 Å². The van der Waals surface area contributed by atoms with Gasteiger partial charge in [0.2, 0.25) is 0 Å². The Morgan fingerprint density at radius 1 is 1.23 bits per heavy atom. The molecule has 0 aliphatic heterocycles. The average Bonchev–Trinajstić information content (AvgIpc) is 2.17. The molecule has 0 aromatic rings. The van der Waals surface area contributed by atoms with E-state index in [2.05, 4.69) is 36.7 Å². The van der Waals surface area contributed by atoms with Gasteiger partial charge in [0, 0.05) is 4.83 Å². The van der Waals surface area contributed by atoms with Crippen molar-refractivity contribution in [1.82, 2.24) is 0 Å². The van der Waals surface area contributed by atoms with Gasteiger partial charge in [0.15, 0.2) is 0 Å². The van der Waals surface area contributed by atoms with Crippen molar-refractivity contribution in [3.05, 3.63) is 0 Å². The standard InChI is InChI=1S/C12H23Br/c1-4-12(13)11-7-5-6-10(8-11)9(2)3/h9-12H,4-8H2,1-3H3. The van der Waals surface area contributed by atoms with E-state index >= 15 is 0 Å². The van der Waals surface area contributed by atoms with Crippen molar-refractivity contribution in [2.24, 2.45) is 17.8 Å². The van der Waals surface area contributed by atoms with Crippen molar-refractivity contribution < 1.29 is 0 Å². The molecule has 0 amide bonds. The SMILES string of the molecule is CCC(Br)C1CCCC(C(C)C)C1. The highest BCUT2D eigenvalue weighted by atomic mass is 79.9. The summed E-state index contributed by atoms with van der Waals surface area (Å²) in [5.74, 6) is 2.83. The van der Waals surface area contributed by atoms with Crippen LogP contribution in [0.5, 0.6) is 0 Å². The van der Waals surface area contributed by atoms with Crippen molar-refractivity contribution in [2.45, 2.75) is 57.7 Å². The van der Waals surface area contributed by atoms with Crippen molar-refractivity contribution in [1.29, 1.82) is 0 Å². The predicted octanol–water partition coefficient (Wildman–Crippen LogP) is 4.62. The molecule has 1 fully saturated rings. The molecule has 1 saturated carbocycles. The molecule has 0 spiro atoms. The Balaban J connectivity index is 2.41. The lowest BCUT2D eigenvalue weighted by Crippen LogP contribution is -2.25. The summed E-state index contributed by atoms with van der Waals surface area (Å²) in [5, 5.41) is 0. The Kier molecular flexibility index (Phi) is 4.78. The topological polar surface area (TPSA) is 0 Å². The highest BCUT2D eigenvalue weighted by Crippen LogP contribution is 2.37. The van der Waals surface area contributed by atoms with Gasteiger partial charge in [-0.05, 0) is 37.0 Å². The second-order valence-electron chi connectivity index (χ2n) is 4.86. The molecule has 0 radical (unpaired) electrons. The Bertz CT molecular complexity index is 142. The average molecular weight is 247 g/mol. The molecule has 0 nitrogen and oxygen atoms in total. The van der Waals surface area contributed by atoms with Gasteiger partial charge in [0.05, 0.1) is 0 Å². The number of hydrogen-bond acceptors (Lipinski definition) is 0. The van der Waals surface area contributed by atoms with E-state index < -0.39 is 0 Å². The Labute approximate surface area is 91.6 Å². The largest absolute Gasteiger partial charge is 0.0888 e. The fourth-order valence-corrected chi connectivity index (χ4v) is 3.01. The van der Waals surface area contributed by atoms with Gasteiger partial charge in [-0.2, -0.15) is 0 Å². The first-order chi connectivity index (χ1) is 6.15. The Morgan fingerprint density at radius 3 is 2.38 bits per heavy atom. The maximum absolute atomic E-state index is 3.81. The molecule has 3 atom stereocenters. The van der Waals surface area contributed by atoms with E-state index in [-0.39, 0.29) is 0 Å². The lowest BCUT2D eigenvalue weighted by molar-refractivity contribution is 0.211. The molecule has 0 heterocycles. The lowest BCUT2D eigenvalue weighted by Gasteiger charge is -2.33. The van der Waals surface area contributed by atoms with Gasteiger partial charge in [0.25, 0.3) is 0 Å². The fraction of sp³-hybridized carbons (Fsp3) is 1.00. The first-order valence-corrected chi connectivity index (χ1v) is 6.70. The van der Waals surface area contributed by atoms with Gasteiger partial charge in [0.1, 0.15) is 0 Å². The maximum Gasteiger partial charge on any atom is 0.0171 e. The summed E-state index contributed by atoms with van der Waals surface area (Å²) >= 11 is 3.81. The number of halogens is 1. The molecule has 1 heteroatoms. The summed E-state index contributed by atoms with van der Waals surface area (Å²) in [7, 11) is 0. The summed E-state index contributed by atoms with van der Waals surface area (Å²) in [4.78, 5) is 0.772. The molecule has 1 rings (SSSR count). The summed E-state index contributed by atoms with van der Waals surface area (Å²) in [6.07, 6.45) is 7.12. The second kappa shape index (κ2) is 5.38. The van der Waals surface area contributed by atoms with Crippen molar-refractivity contribution >= 4 is 15.9 Å². The third kappa shape index (κ3) is 3.27. The second-order valence-corrected chi connectivity index (χ2v) is 6.03. The molecular weight excluding hydrogens is 224 g/mol. The van der Waals surface area contributed by atoms with Crippen molar-refractivity contribution in [3.8, 4) is 0 Å². The Hall–Kier alpha value is 0.480. The molecule has 13 heavy (non-hydrogen) atoms. The zero-order valence-corrected chi connectivity index (χ0v) is 10.8. The molecule has 1 aliphatic rings. The lowest BCUT2D eigenvalue weighted by atomic mass is 9.75. The normalized spacial score (nSPS) is 32.1. The number of hydrogen-bond donors (Lipinski definition) is 0. The van der Waals surface area contributed by atoms with Crippen LogP contribution in [-0.2, 0) is 0 Å². The van der Waals surface area contributed by atoms with Gasteiger partial charge < -0.3 is 0 Å². The smallest absolute Gasteiger partial charge is 0.0171 e. The van der Waals surface area contributed by atoms with Crippen LogP contribution in [0.3, 0.4) is 0 Å². The van der Waals surface area contributed by atoms with E-state index in [4.69, 9.17) is 0 Å². The van der Waals surface area contributed by atoms with Crippen LogP contribution in [0.2, 0.25) is 0 Å². The maximum atomic E-state index is 3.81. The molecule has 0 bridgehead atoms. The molecule has 0 aromatic heterocycles. The van der Waals surface area contributed by atoms with Crippen LogP contribution < -0.4 is 0 Å². The van der Waals surface area contributed by atoms with E-state index in [1.54, 1.807) is 0 Å². The summed E-state index contributed by atoms with van der Waals surface area (Å²) < 4.78 is 0. The molecule has 0 saturated heterocycles. The van der Waals surface area contributed by atoms with Gasteiger partial charge in [-0.15, -0.1) is 0 Å². The monoisotopic (exact) mass is 246 g/mol. The van der Waals surface area contributed by atoms with Crippen LogP contribution in [0, 0.1) is 17.8 Å². The quantitative estimate of drug-likeness (QED) is 0.638. The minimum Gasteiger partial charge on any atom is -0.0888 e. The third-order valence-electron chi connectivity index (χ3n) is 3.60. The summed E-state index contributed by atoms with van der Waals surface area (Å²) in [6, 6.07) is 0. The zero-order valence-electron chi connectivity index (χ0n) is 9.22. The van der Waals surface area contributed by atoms with Crippen LogP contribution in [-0.4, -0.2) is 4.83 Å². The molecule has 0 N–H and O–H groups in total. The summed E-state index contributed by atoms with van der Waals surface area (Å²) in [6.45, 7) is 7.04. The van der Waals surface area contributed by atoms with E-state index in [0.29, 0.717) is 0 Å². The van der Waals surface area contributed by atoms with Gasteiger partial charge in [-0.1, -0.05) is 49.5 Å². The molecular formula is C12H23Br. The predicted molar refractivity (Wildman–Crippen MR) is 63.3 cm³/mol. The zero-order chi connectivity index (χ0) is 9.84. The minimum atomic E-state index is 0.772. The van der Waals surface area contributed by atoms with Gasteiger partial charge in [-0.25, -0.2) is 0 Å². The first kappa shape index (κ1) is 11.6. The summed E-state index contributed by atoms with van der Waals surface area (Å²) in [5.41, 5.74) is 0. The van der Waals surface area contributed by atoms with Gasteiger partial charge >= 0.3 is 0 Å². The molecule has 78 valence electrons. The van der Waals surface area contributed by atoms with Crippen LogP contribution in [0.1, 0.15) is 52.9 Å². The fourth-order valence-electron chi connectivity index (χ4n) is 2.53. The first-order valence-electron chi connectivity index (χ1n) is 5.79.